The second-order valence-electron chi connectivity index (χ2n) is 7.45. The average Bonchev–Trinajstić information content (AvgIpc) is 2.64. The molecule has 0 radical (unpaired) electrons. The van der Waals surface area contributed by atoms with Gasteiger partial charge in [-0.05, 0) is 74.5 Å². The molecule has 0 amide bonds. The van der Waals surface area contributed by atoms with E-state index in [-0.39, 0.29) is 5.92 Å². The second-order valence-corrected chi connectivity index (χ2v) is 7.45. The van der Waals surface area contributed by atoms with E-state index in [1.807, 2.05) is 0 Å². The van der Waals surface area contributed by atoms with E-state index in [1.54, 1.807) is 0 Å². The van der Waals surface area contributed by atoms with Crippen LogP contribution in [0.2, 0.25) is 0 Å². The lowest BCUT2D eigenvalue weighted by Gasteiger charge is -2.29. The topological polar surface area (TPSA) is 9.23 Å². The van der Waals surface area contributed by atoms with E-state index in [0.717, 1.165) is 50.7 Å². The minimum absolute atomic E-state index is 0.0860. The van der Waals surface area contributed by atoms with Crippen molar-refractivity contribution in [2.75, 3.05) is 0 Å². The lowest BCUT2D eigenvalue weighted by molar-refractivity contribution is -0.0546. The van der Waals surface area contributed by atoms with Gasteiger partial charge in [0.2, 0.25) is 0 Å². The van der Waals surface area contributed by atoms with Gasteiger partial charge in [0.05, 0.1) is 0 Å². The Morgan fingerprint density at radius 2 is 1.63 bits per heavy atom. The molecule has 0 N–H and O–H groups in total. The van der Waals surface area contributed by atoms with E-state index in [1.165, 1.54) is 25.7 Å². The van der Waals surface area contributed by atoms with Gasteiger partial charge in [0.1, 0.15) is 0 Å². The van der Waals surface area contributed by atoms with Crippen molar-refractivity contribution in [2.45, 2.75) is 83.7 Å². The van der Waals surface area contributed by atoms with Crippen LogP contribution in [-0.2, 0) is 0 Å². The number of rotatable bonds is 10. The predicted octanol–water partition coefficient (Wildman–Crippen LogP) is 7.76. The van der Waals surface area contributed by atoms with E-state index in [9.17, 15) is 17.6 Å². The molecule has 1 aromatic rings. The van der Waals surface area contributed by atoms with Gasteiger partial charge >= 0.3 is 6.61 Å². The van der Waals surface area contributed by atoms with Crippen LogP contribution in [0, 0.1) is 17.6 Å². The summed E-state index contributed by atoms with van der Waals surface area (Å²) >= 11 is 0. The zero-order valence-corrected chi connectivity index (χ0v) is 16.0. The molecule has 1 fully saturated rings. The van der Waals surface area contributed by atoms with Crippen molar-refractivity contribution in [3.05, 3.63) is 41.5 Å². The summed E-state index contributed by atoms with van der Waals surface area (Å²) in [5, 5.41) is 0. The SMILES string of the molecule is CCC/C=C/CCCCC1CCC(c2cc(F)c(OC(F)F)c(F)c2)CC1. The van der Waals surface area contributed by atoms with E-state index in [2.05, 4.69) is 23.8 Å². The van der Waals surface area contributed by atoms with E-state index >= 15 is 0 Å². The lowest BCUT2D eigenvalue weighted by Crippen LogP contribution is -2.14. The van der Waals surface area contributed by atoms with Gasteiger partial charge in [-0.25, -0.2) is 8.78 Å². The second kappa shape index (κ2) is 11.4. The zero-order valence-electron chi connectivity index (χ0n) is 16.0. The van der Waals surface area contributed by atoms with Crippen LogP contribution < -0.4 is 4.74 Å². The molecule has 5 heteroatoms. The van der Waals surface area contributed by atoms with Gasteiger partial charge < -0.3 is 4.74 Å². The fourth-order valence-corrected chi connectivity index (χ4v) is 3.90. The molecule has 0 unspecified atom stereocenters. The summed E-state index contributed by atoms with van der Waals surface area (Å²) in [6.07, 6.45) is 15.5. The molecule has 1 aliphatic carbocycles. The number of unbranched alkanes of at least 4 members (excludes halogenated alkanes) is 3. The third-order valence-corrected chi connectivity index (χ3v) is 5.40. The summed E-state index contributed by atoms with van der Waals surface area (Å²) in [7, 11) is 0. The maximum absolute atomic E-state index is 13.9. The van der Waals surface area contributed by atoms with E-state index in [4.69, 9.17) is 0 Å². The highest BCUT2D eigenvalue weighted by molar-refractivity contribution is 5.33. The number of halogens is 4. The molecule has 0 saturated heterocycles. The summed E-state index contributed by atoms with van der Waals surface area (Å²) in [5.41, 5.74) is 0.547. The third kappa shape index (κ3) is 7.19. The van der Waals surface area contributed by atoms with Crippen LogP contribution in [0.1, 0.15) is 82.6 Å². The van der Waals surface area contributed by atoms with Gasteiger partial charge in [-0.3, -0.25) is 0 Å². The number of ether oxygens (including phenoxy) is 1. The van der Waals surface area contributed by atoms with Crippen molar-refractivity contribution < 1.29 is 22.3 Å². The van der Waals surface area contributed by atoms with Gasteiger partial charge in [0.25, 0.3) is 0 Å². The molecule has 1 aliphatic rings. The molecule has 0 spiro atoms. The molecule has 1 nitrogen and oxygen atoms in total. The molecule has 1 aromatic carbocycles. The van der Waals surface area contributed by atoms with Crippen molar-refractivity contribution in [2.24, 2.45) is 5.92 Å². The number of alkyl halides is 2. The summed E-state index contributed by atoms with van der Waals surface area (Å²) < 4.78 is 56.2. The van der Waals surface area contributed by atoms with Crippen LogP contribution in [0.15, 0.2) is 24.3 Å². The predicted molar refractivity (Wildman–Crippen MR) is 100 cm³/mol. The summed E-state index contributed by atoms with van der Waals surface area (Å²) in [6.45, 7) is -1.06. The summed E-state index contributed by atoms with van der Waals surface area (Å²) in [6, 6.07) is 2.29. The quantitative estimate of drug-likeness (QED) is 0.227. The number of hydrogen-bond acceptors (Lipinski definition) is 1. The Bertz CT molecular complexity index is 569. The first-order valence-corrected chi connectivity index (χ1v) is 10.1. The van der Waals surface area contributed by atoms with E-state index in [0.29, 0.717) is 11.5 Å². The Labute approximate surface area is 159 Å². The minimum atomic E-state index is -3.24. The van der Waals surface area contributed by atoms with Crippen LogP contribution in [-0.4, -0.2) is 6.61 Å². The first kappa shape index (κ1) is 21.8. The van der Waals surface area contributed by atoms with Crippen molar-refractivity contribution in [3.63, 3.8) is 0 Å². The molecule has 0 aromatic heterocycles. The average molecular weight is 386 g/mol. The van der Waals surface area contributed by atoms with Crippen LogP contribution in [0.5, 0.6) is 5.75 Å². The van der Waals surface area contributed by atoms with Gasteiger partial charge in [-0.2, -0.15) is 8.78 Å². The summed E-state index contributed by atoms with van der Waals surface area (Å²) in [5.74, 6) is -2.33. The number of allylic oxidation sites excluding steroid dienone is 2. The fourth-order valence-electron chi connectivity index (χ4n) is 3.90. The van der Waals surface area contributed by atoms with Gasteiger partial charge in [-0.15, -0.1) is 0 Å². The Morgan fingerprint density at radius 3 is 2.22 bits per heavy atom. The van der Waals surface area contributed by atoms with Crippen LogP contribution >= 0.6 is 0 Å². The van der Waals surface area contributed by atoms with E-state index < -0.39 is 24.0 Å². The minimum Gasteiger partial charge on any atom is -0.429 e. The lowest BCUT2D eigenvalue weighted by atomic mass is 9.77. The van der Waals surface area contributed by atoms with Crippen molar-refractivity contribution in [3.8, 4) is 5.75 Å². The first-order chi connectivity index (χ1) is 13.0. The smallest absolute Gasteiger partial charge is 0.387 e. The molecule has 0 atom stereocenters. The highest BCUT2D eigenvalue weighted by atomic mass is 19.3. The molecule has 0 bridgehead atoms. The molecule has 0 heterocycles. The first-order valence-electron chi connectivity index (χ1n) is 10.1. The van der Waals surface area contributed by atoms with Crippen molar-refractivity contribution >= 4 is 0 Å². The number of benzene rings is 1. The zero-order chi connectivity index (χ0) is 19.6. The molecule has 1 saturated carbocycles. The highest BCUT2D eigenvalue weighted by Gasteiger charge is 2.25. The molecule has 152 valence electrons. The maximum Gasteiger partial charge on any atom is 0.387 e. The van der Waals surface area contributed by atoms with Crippen LogP contribution in [0.3, 0.4) is 0 Å². The monoisotopic (exact) mass is 386 g/mol. The summed E-state index contributed by atoms with van der Waals surface area (Å²) in [4.78, 5) is 0. The van der Waals surface area contributed by atoms with Gasteiger partial charge in [0.15, 0.2) is 17.4 Å². The highest BCUT2D eigenvalue weighted by Crippen LogP contribution is 2.39. The maximum atomic E-state index is 13.9. The van der Waals surface area contributed by atoms with Gasteiger partial charge in [-0.1, -0.05) is 38.3 Å². The normalized spacial score (nSPS) is 20.5. The fraction of sp³-hybridized carbons (Fsp3) is 0.636. The Balaban J connectivity index is 1.77. The van der Waals surface area contributed by atoms with Crippen molar-refractivity contribution in [1.29, 1.82) is 0 Å². The Morgan fingerprint density at radius 1 is 1.00 bits per heavy atom. The standard InChI is InChI=1S/C22H30F4O/c1-2-3-4-5-6-7-8-9-16-10-12-17(13-11-16)18-14-19(23)21(20(24)15-18)27-22(25)26/h4-5,14-17,22H,2-3,6-13H2,1H3/b5-4+. The molecular formula is C22H30F4O. The number of hydrogen-bond donors (Lipinski definition) is 0. The largest absolute Gasteiger partial charge is 0.429 e. The Hall–Kier alpha value is -1.52. The third-order valence-electron chi connectivity index (χ3n) is 5.40. The molecule has 27 heavy (non-hydrogen) atoms. The Kier molecular flexibility index (Phi) is 9.16. The van der Waals surface area contributed by atoms with Gasteiger partial charge in [0, 0.05) is 0 Å². The molecule has 2 rings (SSSR count). The molecule has 0 aliphatic heterocycles. The van der Waals surface area contributed by atoms with Crippen LogP contribution in [0.25, 0.3) is 0 Å². The van der Waals surface area contributed by atoms with Crippen LogP contribution in [0.4, 0.5) is 17.6 Å². The van der Waals surface area contributed by atoms with Crippen molar-refractivity contribution in [1.82, 2.24) is 0 Å². The molecular weight excluding hydrogens is 356 g/mol.